The molecule has 2 amide bonds. The molecule has 2 aliphatic heterocycles. The molecule has 0 unspecified atom stereocenters. The monoisotopic (exact) mass is 549 g/mol. The lowest BCUT2D eigenvalue weighted by molar-refractivity contribution is 0.0586. The second kappa shape index (κ2) is 11.6. The van der Waals surface area contributed by atoms with Gasteiger partial charge >= 0.3 is 6.09 Å². The Morgan fingerprint density at radius 2 is 1.88 bits per heavy atom. The van der Waals surface area contributed by atoms with Gasteiger partial charge in [-0.05, 0) is 81.2 Å². The van der Waals surface area contributed by atoms with E-state index >= 15 is 0 Å². The normalized spacial score (nSPS) is 16.9. The maximum Gasteiger partial charge on any atom is 0.409 e. The summed E-state index contributed by atoms with van der Waals surface area (Å²) in [6.45, 7) is 10.7. The van der Waals surface area contributed by atoms with Gasteiger partial charge in [0.25, 0.3) is 5.91 Å². The molecule has 2 aliphatic rings. The summed E-state index contributed by atoms with van der Waals surface area (Å²) < 4.78 is 21.2. The van der Waals surface area contributed by atoms with Crippen LogP contribution in [0, 0.1) is 24.6 Å². The number of hydrogen-bond donors (Lipinski definition) is 0. The van der Waals surface area contributed by atoms with Gasteiger partial charge in [-0.15, -0.1) is 0 Å². The number of likely N-dealkylation sites (tertiary alicyclic amines) is 2. The minimum absolute atomic E-state index is 0.00791. The van der Waals surface area contributed by atoms with E-state index in [1.165, 1.54) is 24.8 Å². The van der Waals surface area contributed by atoms with E-state index < -0.39 is 5.82 Å². The van der Waals surface area contributed by atoms with Gasteiger partial charge in [0.2, 0.25) is 0 Å². The van der Waals surface area contributed by atoms with Crippen LogP contribution in [0.25, 0.3) is 16.6 Å². The van der Waals surface area contributed by atoms with Crippen molar-refractivity contribution in [2.45, 2.75) is 46.1 Å². The average molecular weight is 550 g/mol. The van der Waals surface area contributed by atoms with E-state index in [1.54, 1.807) is 22.9 Å². The summed E-state index contributed by atoms with van der Waals surface area (Å²) in [5, 5.41) is 1.16. The Hall–Kier alpha value is -3.46. The summed E-state index contributed by atoms with van der Waals surface area (Å²) in [4.78, 5) is 35.5. The third-order valence-electron chi connectivity index (χ3n) is 8.63. The molecule has 0 saturated carbocycles. The zero-order valence-corrected chi connectivity index (χ0v) is 24.2. The molecule has 3 aromatic rings. The molecule has 40 heavy (non-hydrogen) atoms. The number of carbonyl (C=O) groups excluding carboxylic acids is 2. The number of hydrogen-bond acceptors (Lipinski definition) is 5. The summed E-state index contributed by atoms with van der Waals surface area (Å²) in [7, 11) is 3.19. The second-order valence-corrected chi connectivity index (χ2v) is 11.7. The fourth-order valence-electron chi connectivity index (χ4n) is 6.17. The van der Waals surface area contributed by atoms with Gasteiger partial charge in [0.05, 0.1) is 30.1 Å². The molecule has 4 heterocycles. The summed E-state index contributed by atoms with van der Waals surface area (Å²) in [5.41, 5.74) is 4.25. The molecule has 2 fully saturated rings. The van der Waals surface area contributed by atoms with Gasteiger partial charge in [-0.25, -0.2) is 9.18 Å². The number of amides is 2. The van der Waals surface area contributed by atoms with E-state index in [0.29, 0.717) is 23.1 Å². The van der Waals surface area contributed by atoms with Crippen molar-refractivity contribution in [3.05, 3.63) is 59.3 Å². The van der Waals surface area contributed by atoms with Crippen molar-refractivity contribution in [1.82, 2.24) is 24.3 Å². The topological polar surface area (TPSA) is 70.9 Å². The number of halogens is 1. The Labute approximate surface area is 235 Å². The number of aryl methyl sites for hydroxylation is 1. The van der Waals surface area contributed by atoms with Crippen molar-refractivity contribution in [2.24, 2.45) is 11.8 Å². The summed E-state index contributed by atoms with van der Waals surface area (Å²) in [5.74, 6) is 0.514. The Kier molecular flexibility index (Phi) is 8.12. The fraction of sp³-hybridized carbons (Fsp3) is 0.516. The number of pyridine rings is 1. The summed E-state index contributed by atoms with van der Waals surface area (Å²) in [6, 6.07) is 4.44. The largest absolute Gasteiger partial charge is 0.453 e. The molecule has 214 valence electrons. The van der Waals surface area contributed by atoms with Gasteiger partial charge in [-0.3, -0.25) is 9.78 Å². The predicted octanol–water partition coefficient (Wildman–Crippen LogP) is 4.91. The van der Waals surface area contributed by atoms with E-state index in [9.17, 15) is 14.0 Å². The smallest absolute Gasteiger partial charge is 0.409 e. The zero-order valence-electron chi connectivity index (χ0n) is 24.2. The Morgan fingerprint density at radius 3 is 2.55 bits per heavy atom. The van der Waals surface area contributed by atoms with Crippen LogP contribution < -0.4 is 0 Å². The molecule has 2 saturated heterocycles. The zero-order chi connectivity index (χ0) is 28.6. The Bertz CT molecular complexity index is 1390. The van der Waals surface area contributed by atoms with E-state index in [2.05, 4.69) is 23.0 Å². The highest BCUT2D eigenvalue weighted by atomic mass is 19.1. The number of carbonyl (C=O) groups is 2. The summed E-state index contributed by atoms with van der Waals surface area (Å²) >= 11 is 0. The van der Waals surface area contributed by atoms with E-state index in [4.69, 9.17) is 4.74 Å². The molecule has 0 atom stereocenters. The van der Waals surface area contributed by atoms with Crippen LogP contribution >= 0.6 is 0 Å². The van der Waals surface area contributed by atoms with Crippen LogP contribution in [0.2, 0.25) is 0 Å². The van der Waals surface area contributed by atoms with Gasteiger partial charge in [0.1, 0.15) is 5.82 Å². The van der Waals surface area contributed by atoms with E-state index in [1.807, 2.05) is 30.8 Å². The number of fused-ring (bicyclic) bond motifs is 1. The van der Waals surface area contributed by atoms with Crippen molar-refractivity contribution in [1.29, 1.82) is 0 Å². The quantitative estimate of drug-likeness (QED) is 0.419. The SMILES string of the molecule is COC(=O)N1CCC(CN2CC(Cc3cn(-c4ccc(F)cc4C(=O)N(C)C(C)C)c4cncc(C)c34)C2)CC1. The van der Waals surface area contributed by atoms with Crippen LogP contribution in [0.5, 0.6) is 0 Å². The molecule has 5 rings (SSSR count). The molecule has 1 aromatic carbocycles. The van der Waals surface area contributed by atoms with E-state index in [-0.39, 0.29) is 18.0 Å². The number of rotatable bonds is 7. The van der Waals surface area contributed by atoms with Crippen molar-refractivity contribution < 1.29 is 18.7 Å². The maximum absolute atomic E-state index is 14.4. The summed E-state index contributed by atoms with van der Waals surface area (Å²) in [6.07, 6.45) is 8.57. The molecule has 0 N–H and O–H groups in total. The molecule has 0 radical (unpaired) electrons. The van der Waals surface area contributed by atoms with E-state index in [0.717, 1.165) is 68.5 Å². The van der Waals surface area contributed by atoms with Crippen molar-refractivity contribution in [3.63, 3.8) is 0 Å². The van der Waals surface area contributed by atoms with Crippen molar-refractivity contribution >= 4 is 22.9 Å². The first kappa shape index (κ1) is 28.1. The third kappa shape index (κ3) is 5.57. The van der Waals surface area contributed by atoms with Crippen LogP contribution in [0.1, 0.15) is 48.2 Å². The predicted molar refractivity (Wildman–Crippen MR) is 153 cm³/mol. The first-order valence-corrected chi connectivity index (χ1v) is 14.2. The molecule has 9 heteroatoms. The van der Waals surface area contributed by atoms with Crippen LogP contribution in [-0.2, 0) is 11.2 Å². The van der Waals surface area contributed by atoms with Gasteiger partial charge < -0.3 is 24.0 Å². The number of ether oxygens (including phenoxy) is 1. The van der Waals surface area contributed by atoms with Crippen LogP contribution in [0.4, 0.5) is 9.18 Å². The lowest BCUT2D eigenvalue weighted by Gasteiger charge is -2.42. The van der Waals surface area contributed by atoms with Gasteiger partial charge in [0, 0.05) is 63.6 Å². The molecule has 0 aliphatic carbocycles. The Morgan fingerprint density at radius 1 is 1.15 bits per heavy atom. The highest BCUT2D eigenvalue weighted by Gasteiger charge is 2.32. The first-order chi connectivity index (χ1) is 19.2. The maximum atomic E-state index is 14.4. The minimum atomic E-state index is -0.430. The number of methoxy groups -OCH3 is 1. The van der Waals surface area contributed by atoms with Crippen LogP contribution in [0.3, 0.4) is 0 Å². The van der Waals surface area contributed by atoms with Gasteiger partial charge in [-0.2, -0.15) is 0 Å². The molecule has 8 nitrogen and oxygen atoms in total. The number of benzene rings is 1. The molecule has 0 bridgehead atoms. The third-order valence-corrected chi connectivity index (χ3v) is 8.63. The van der Waals surface area contributed by atoms with Crippen LogP contribution in [-0.4, -0.2) is 89.2 Å². The second-order valence-electron chi connectivity index (χ2n) is 11.7. The first-order valence-electron chi connectivity index (χ1n) is 14.2. The van der Waals surface area contributed by atoms with Crippen LogP contribution in [0.15, 0.2) is 36.8 Å². The molecule has 2 aromatic heterocycles. The fourth-order valence-corrected chi connectivity index (χ4v) is 6.17. The Balaban J connectivity index is 1.32. The molecular formula is C31H40FN5O3. The standard InChI is InChI=1S/C31H40FN5O3/c1-20(2)34(4)30(38)26-13-25(32)6-7-27(26)37-19-24(29-21(3)14-33-15-28(29)37)12-23-17-35(18-23)16-22-8-10-36(11-9-22)31(39)40-5/h6-7,13-15,19-20,22-23H,8-12,16-18H2,1-5H3. The number of piperidine rings is 1. The van der Waals surface area contributed by atoms with Gasteiger partial charge in [-0.1, -0.05) is 0 Å². The lowest BCUT2D eigenvalue weighted by Crippen LogP contribution is -2.50. The molecule has 0 spiro atoms. The minimum Gasteiger partial charge on any atom is -0.453 e. The van der Waals surface area contributed by atoms with Crippen molar-refractivity contribution in [3.8, 4) is 5.69 Å². The molecular weight excluding hydrogens is 509 g/mol. The number of aromatic nitrogens is 2. The van der Waals surface area contributed by atoms with Crippen molar-refractivity contribution in [2.75, 3.05) is 46.9 Å². The lowest BCUT2D eigenvalue weighted by atomic mass is 9.89. The highest BCUT2D eigenvalue weighted by molar-refractivity contribution is 5.99. The average Bonchev–Trinajstić information content (AvgIpc) is 3.30. The van der Waals surface area contributed by atoms with Gasteiger partial charge in [0.15, 0.2) is 0 Å². The highest BCUT2D eigenvalue weighted by Crippen LogP contribution is 2.33. The number of nitrogens with zero attached hydrogens (tertiary/aromatic N) is 5.